The SMILES string of the molecule is O=C(c1ccccc1-c1ccccc1)N1CC[C@@]2(C1)CN(c1ccc(Cl)cc1)C(=O)O2. The number of nitrogens with zero attached hydrogens (tertiary/aromatic N) is 2. The summed E-state index contributed by atoms with van der Waals surface area (Å²) in [7, 11) is 0. The molecule has 0 unspecified atom stereocenters. The summed E-state index contributed by atoms with van der Waals surface area (Å²) >= 11 is 5.97. The highest BCUT2D eigenvalue weighted by molar-refractivity contribution is 6.30. The topological polar surface area (TPSA) is 49.9 Å². The van der Waals surface area contributed by atoms with Crippen LogP contribution in [0.25, 0.3) is 11.1 Å². The predicted octanol–water partition coefficient (Wildman–Crippen LogP) is 5.25. The molecular formula is C25H21ClN2O3. The average Bonchev–Trinajstić information content (AvgIpc) is 3.36. The average molecular weight is 433 g/mol. The Morgan fingerprint density at radius 1 is 0.903 bits per heavy atom. The molecule has 2 fully saturated rings. The molecule has 6 heteroatoms. The van der Waals surface area contributed by atoms with Crippen molar-refractivity contribution in [2.75, 3.05) is 24.5 Å². The van der Waals surface area contributed by atoms with Gasteiger partial charge in [0, 0.05) is 29.2 Å². The summed E-state index contributed by atoms with van der Waals surface area (Å²) in [6.45, 7) is 1.34. The molecule has 2 amide bonds. The Bertz CT molecular complexity index is 1130. The molecule has 5 rings (SSSR count). The van der Waals surface area contributed by atoms with Crippen molar-refractivity contribution in [3.8, 4) is 11.1 Å². The van der Waals surface area contributed by atoms with E-state index in [0.29, 0.717) is 36.6 Å². The Balaban J connectivity index is 1.36. The van der Waals surface area contributed by atoms with Crippen LogP contribution >= 0.6 is 11.6 Å². The van der Waals surface area contributed by atoms with Crippen molar-refractivity contribution in [1.29, 1.82) is 0 Å². The van der Waals surface area contributed by atoms with Crippen molar-refractivity contribution in [2.24, 2.45) is 0 Å². The number of carbonyl (C=O) groups excluding carboxylic acids is 2. The van der Waals surface area contributed by atoms with E-state index in [1.165, 1.54) is 0 Å². The number of amides is 2. The van der Waals surface area contributed by atoms with E-state index in [4.69, 9.17) is 16.3 Å². The normalized spacial score (nSPS) is 20.4. The van der Waals surface area contributed by atoms with Crippen molar-refractivity contribution in [3.05, 3.63) is 89.4 Å². The third-order valence-electron chi connectivity index (χ3n) is 5.95. The van der Waals surface area contributed by atoms with Gasteiger partial charge < -0.3 is 9.64 Å². The molecule has 2 saturated heterocycles. The van der Waals surface area contributed by atoms with Gasteiger partial charge in [0.1, 0.15) is 0 Å². The number of anilines is 1. The third kappa shape index (κ3) is 3.66. The minimum atomic E-state index is -0.686. The molecule has 0 saturated carbocycles. The van der Waals surface area contributed by atoms with E-state index in [9.17, 15) is 9.59 Å². The zero-order valence-corrected chi connectivity index (χ0v) is 17.6. The molecule has 1 atom stereocenters. The number of likely N-dealkylation sites (tertiary alicyclic amines) is 1. The van der Waals surface area contributed by atoms with E-state index in [1.807, 2.05) is 54.6 Å². The molecule has 0 N–H and O–H groups in total. The molecule has 1 spiro atoms. The molecule has 0 bridgehead atoms. The summed E-state index contributed by atoms with van der Waals surface area (Å²) in [6, 6.07) is 24.6. The zero-order valence-electron chi connectivity index (χ0n) is 16.8. The quantitative estimate of drug-likeness (QED) is 0.568. The first-order valence-electron chi connectivity index (χ1n) is 10.2. The van der Waals surface area contributed by atoms with Gasteiger partial charge >= 0.3 is 6.09 Å². The maximum Gasteiger partial charge on any atom is 0.415 e. The molecule has 3 aromatic carbocycles. The van der Waals surface area contributed by atoms with Crippen molar-refractivity contribution in [2.45, 2.75) is 12.0 Å². The molecule has 3 aromatic rings. The van der Waals surface area contributed by atoms with Crippen LogP contribution in [0.15, 0.2) is 78.9 Å². The van der Waals surface area contributed by atoms with Crippen LogP contribution in [0.5, 0.6) is 0 Å². The van der Waals surface area contributed by atoms with Gasteiger partial charge in [-0.15, -0.1) is 0 Å². The fraction of sp³-hybridized carbons (Fsp3) is 0.200. The second-order valence-electron chi connectivity index (χ2n) is 8.00. The number of rotatable bonds is 3. The maximum atomic E-state index is 13.4. The molecular weight excluding hydrogens is 412 g/mol. The predicted molar refractivity (Wildman–Crippen MR) is 120 cm³/mol. The van der Waals surface area contributed by atoms with Crippen LogP contribution in [0, 0.1) is 0 Å². The largest absolute Gasteiger partial charge is 0.439 e. The monoisotopic (exact) mass is 432 g/mol. The second-order valence-corrected chi connectivity index (χ2v) is 8.44. The molecule has 2 aliphatic heterocycles. The first-order valence-corrected chi connectivity index (χ1v) is 10.6. The first-order chi connectivity index (χ1) is 15.0. The smallest absolute Gasteiger partial charge is 0.415 e. The van der Waals surface area contributed by atoms with E-state index < -0.39 is 5.60 Å². The molecule has 0 aromatic heterocycles. The molecule has 156 valence electrons. The van der Waals surface area contributed by atoms with Crippen LogP contribution in [0.1, 0.15) is 16.8 Å². The third-order valence-corrected chi connectivity index (χ3v) is 6.21. The molecule has 2 aliphatic rings. The minimum Gasteiger partial charge on any atom is -0.439 e. The number of ether oxygens (including phenoxy) is 1. The van der Waals surface area contributed by atoms with E-state index in [1.54, 1.807) is 34.1 Å². The number of hydrogen-bond acceptors (Lipinski definition) is 3. The lowest BCUT2D eigenvalue weighted by molar-refractivity contribution is 0.0554. The summed E-state index contributed by atoms with van der Waals surface area (Å²) in [5.74, 6) is -0.0441. The number of benzene rings is 3. The van der Waals surface area contributed by atoms with Crippen molar-refractivity contribution in [3.63, 3.8) is 0 Å². The van der Waals surface area contributed by atoms with Crippen molar-refractivity contribution >= 4 is 29.3 Å². The van der Waals surface area contributed by atoms with Gasteiger partial charge in [-0.3, -0.25) is 9.69 Å². The number of halogens is 1. The van der Waals surface area contributed by atoms with Gasteiger partial charge in [-0.2, -0.15) is 0 Å². The highest BCUT2D eigenvalue weighted by Gasteiger charge is 2.51. The Labute approximate surface area is 185 Å². The molecule has 0 radical (unpaired) electrons. The number of hydrogen-bond donors (Lipinski definition) is 0. The van der Waals surface area contributed by atoms with Crippen LogP contribution in [0.3, 0.4) is 0 Å². The number of carbonyl (C=O) groups is 2. The van der Waals surface area contributed by atoms with Crippen molar-refractivity contribution in [1.82, 2.24) is 4.90 Å². The van der Waals surface area contributed by atoms with Gasteiger partial charge in [0.15, 0.2) is 5.60 Å². The highest BCUT2D eigenvalue weighted by Crippen LogP contribution is 2.36. The van der Waals surface area contributed by atoms with Crippen LogP contribution < -0.4 is 4.90 Å². The molecule has 5 nitrogen and oxygen atoms in total. The van der Waals surface area contributed by atoms with Gasteiger partial charge in [0.2, 0.25) is 0 Å². The summed E-state index contributed by atoms with van der Waals surface area (Å²) in [5, 5.41) is 0.612. The van der Waals surface area contributed by atoms with Crippen LogP contribution in [0.4, 0.5) is 10.5 Å². The van der Waals surface area contributed by atoms with Crippen LogP contribution in [-0.4, -0.2) is 42.1 Å². The first kappa shape index (κ1) is 19.6. The fourth-order valence-electron chi connectivity index (χ4n) is 4.38. The molecule has 2 heterocycles. The summed E-state index contributed by atoms with van der Waals surface area (Å²) in [4.78, 5) is 29.4. The second kappa shape index (κ2) is 7.75. The highest BCUT2D eigenvalue weighted by atomic mass is 35.5. The van der Waals surface area contributed by atoms with Gasteiger partial charge in [-0.25, -0.2) is 4.79 Å². The van der Waals surface area contributed by atoms with E-state index in [2.05, 4.69) is 0 Å². The minimum absolute atomic E-state index is 0.0441. The Morgan fingerprint density at radius 2 is 1.61 bits per heavy atom. The summed E-state index contributed by atoms with van der Waals surface area (Å²) in [5.41, 5.74) is 2.62. The standard InChI is InChI=1S/C25H21ClN2O3/c26-19-10-12-20(13-11-19)28-17-25(31-24(28)30)14-15-27(16-25)23(29)22-9-5-4-8-21(22)18-6-2-1-3-7-18/h1-13H,14-17H2/t25-/m1/s1. The fourth-order valence-corrected chi connectivity index (χ4v) is 4.51. The lowest BCUT2D eigenvalue weighted by atomic mass is 9.99. The van der Waals surface area contributed by atoms with Gasteiger partial charge in [-0.1, -0.05) is 60.1 Å². The Hall–Kier alpha value is -3.31. The van der Waals surface area contributed by atoms with E-state index >= 15 is 0 Å². The summed E-state index contributed by atoms with van der Waals surface area (Å²) < 4.78 is 5.80. The van der Waals surface area contributed by atoms with Crippen LogP contribution in [-0.2, 0) is 4.74 Å². The lowest BCUT2D eigenvalue weighted by Gasteiger charge is -2.23. The zero-order chi connectivity index (χ0) is 21.4. The van der Waals surface area contributed by atoms with Gasteiger partial charge in [0.05, 0.1) is 13.1 Å². The Kier molecular flexibility index (Phi) is 4.91. The summed E-state index contributed by atoms with van der Waals surface area (Å²) in [6.07, 6.45) is 0.225. The lowest BCUT2D eigenvalue weighted by Crippen LogP contribution is -2.39. The van der Waals surface area contributed by atoms with Crippen LogP contribution in [0.2, 0.25) is 5.02 Å². The van der Waals surface area contributed by atoms with Gasteiger partial charge in [0.25, 0.3) is 5.91 Å². The molecule has 0 aliphatic carbocycles. The van der Waals surface area contributed by atoms with E-state index in [-0.39, 0.29) is 12.0 Å². The van der Waals surface area contributed by atoms with Crippen molar-refractivity contribution < 1.29 is 14.3 Å². The van der Waals surface area contributed by atoms with Gasteiger partial charge in [-0.05, 0) is 41.5 Å². The molecule has 31 heavy (non-hydrogen) atoms. The van der Waals surface area contributed by atoms with E-state index in [0.717, 1.165) is 16.8 Å². The Morgan fingerprint density at radius 3 is 2.39 bits per heavy atom. The maximum absolute atomic E-state index is 13.4.